The Morgan fingerprint density at radius 2 is 1.78 bits per heavy atom. The molecule has 1 aliphatic rings. The highest BCUT2D eigenvalue weighted by Crippen LogP contribution is 2.29. The van der Waals surface area contributed by atoms with Crippen LogP contribution >= 0.6 is 12.4 Å². The van der Waals surface area contributed by atoms with Crippen LogP contribution in [0.1, 0.15) is 42.4 Å². The lowest BCUT2D eigenvalue weighted by molar-refractivity contribution is 0.0338. The van der Waals surface area contributed by atoms with Crippen molar-refractivity contribution in [2.75, 3.05) is 26.3 Å². The quantitative estimate of drug-likeness (QED) is 0.845. The fourth-order valence-electron chi connectivity index (χ4n) is 2.35. The van der Waals surface area contributed by atoms with Gasteiger partial charge in [0.25, 0.3) is 0 Å². The van der Waals surface area contributed by atoms with Gasteiger partial charge in [0.15, 0.2) is 0 Å². The highest BCUT2D eigenvalue weighted by molar-refractivity contribution is 5.85. The van der Waals surface area contributed by atoms with Gasteiger partial charge in [-0.2, -0.15) is 0 Å². The first-order chi connectivity index (χ1) is 8.09. The Morgan fingerprint density at radius 1 is 1.17 bits per heavy atom. The molecule has 1 aromatic heterocycles. The summed E-state index contributed by atoms with van der Waals surface area (Å²) in [5, 5.41) is 0. The van der Waals surface area contributed by atoms with E-state index in [0.717, 1.165) is 44.4 Å². The molecule has 1 aliphatic heterocycles. The van der Waals surface area contributed by atoms with E-state index in [2.05, 4.69) is 32.6 Å². The zero-order chi connectivity index (χ0) is 12.4. The maximum absolute atomic E-state index is 5.89. The summed E-state index contributed by atoms with van der Waals surface area (Å²) in [4.78, 5) is 2.45. The Balaban J connectivity index is 0.00000162. The number of rotatable bonds is 3. The van der Waals surface area contributed by atoms with E-state index in [1.807, 2.05) is 0 Å². The molecule has 0 aliphatic carbocycles. The molecule has 104 valence electrons. The van der Waals surface area contributed by atoms with Crippen molar-refractivity contribution in [2.45, 2.75) is 40.2 Å². The molecule has 2 rings (SSSR count). The zero-order valence-electron chi connectivity index (χ0n) is 11.8. The minimum Gasteiger partial charge on any atom is -0.465 e. The number of hydrogen-bond donors (Lipinski definition) is 0. The average molecular weight is 274 g/mol. The lowest BCUT2D eigenvalue weighted by Gasteiger charge is -2.27. The maximum atomic E-state index is 5.89. The highest BCUT2D eigenvalue weighted by Gasteiger charge is 2.20. The molecular formula is C14H24ClNO2. The first kappa shape index (κ1) is 15.5. The summed E-state index contributed by atoms with van der Waals surface area (Å²) in [6.07, 6.45) is 0. The third-order valence-corrected chi connectivity index (χ3v) is 3.55. The molecule has 0 unspecified atom stereocenters. The molecule has 0 spiro atoms. The number of ether oxygens (including phenoxy) is 1. The van der Waals surface area contributed by atoms with Crippen LogP contribution < -0.4 is 0 Å². The van der Waals surface area contributed by atoms with E-state index in [1.165, 1.54) is 11.1 Å². The van der Waals surface area contributed by atoms with Crippen LogP contribution in [0.4, 0.5) is 0 Å². The Morgan fingerprint density at radius 3 is 2.33 bits per heavy atom. The normalized spacial score (nSPS) is 16.9. The van der Waals surface area contributed by atoms with E-state index in [-0.39, 0.29) is 12.4 Å². The number of furan rings is 1. The molecule has 0 N–H and O–H groups in total. The predicted molar refractivity (Wildman–Crippen MR) is 75.6 cm³/mol. The molecule has 0 saturated carbocycles. The van der Waals surface area contributed by atoms with E-state index in [1.54, 1.807) is 0 Å². The number of nitrogens with zero attached hydrogens (tertiary/aromatic N) is 1. The van der Waals surface area contributed by atoms with Crippen LogP contribution in [-0.4, -0.2) is 31.2 Å². The average Bonchev–Trinajstić information content (AvgIpc) is 2.59. The molecule has 0 bridgehead atoms. The number of halogens is 1. The molecule has 0 atom stereocenters. The second kappa shape index (κ2) is 6.60. The molecule has 18 heavy (non-hydrogen) atoms. The standard InChI is InChI=1S/C14H23NO2.ClH/c1-10(2)14-13(11(3)12(4)17-14)9-15-5-7-16-8-6-15;/h10H,5-9H2,1-4H3;1H. The summed E-state index contributed by atoms with van der Waals surface area (Å²) in [7, 11) is 0. The van der Waals surface area contributed by atoms with Gasteiger partial charge in [-0.3, -0.25) is 4.90 Å². The van der Waals surface area contributed by atoms with Gasteiger partial charge in [-0.1, -0.05) is 13.8 Å². The second-order valence-electron chi connectivity index (χ2n) is 5.17. The van der Waals surface area contributed by atoms with Crippen molar-refractivity contribution in [1.29, 1.82) is 0 Å². The molecule has 1 saturated heterocycles. The van der Waals surface area contributed by atoms with Crippen LogP contribution in [0, 0.1) is 13.8 Å². The van der Waals surface area contributed by atoms with Crippen molar-refractivity contribution in [2.24, 2.45) is 0 Å². The van der Waals surface area contributed by atoms with Gasteiger partial charge >= 0.3 is 0 Å². The maximum Gasteiger partial charge on any atom is 0.111 e. The molecule has 3 nitrogen and oxygen atoms in total. The van der Waals surface area contributed by atoms with Gasteiger partial charge in [0.05, 0.1) is 13.2 Å². The molecule has 0 amide bonds. The monoisotopic (exact) mass is 273 g/mol. The Hall–Kier alpha value is -0.510. The second-order valence-corrected chi connectivity index (χ2v) is 5.17. The van der Waals surface area contributed by atoms with Crippen LogP contribution in [0.5, 0.6) is 0 Å². The molecule has 2 heterocycles. The Labute approximate surface area is 116 Å². The van der Waals surface area contributed by atoms with E-state index in [4.69, 9.17) is 9.15 Å². The molecule has 4 heteroatoms. The third kappa shape index (κ3) is 3.28. The number of hydrogen-bond acceptors (Lipinski definition) is 3. The minimum absolute atomic E-state index is 0. The molecule has 0 radical (unpaired) electrons. The Kier molecular flexibility index (Phi) is 5.70. The first-order valence-electron chi connectivity index (χ1n) is 6.48. The Bertz CT molecular complexity index is 381. The van der Waals surface area contributed by atoms with Crippen LogP contribution in [0.15, 0.2) is 4.42 Å². The SMILES string of the molecule is Cc1oc(C(C)C)c(CN2CCOCC2)c1C.Cl. The van der Waals surface area contributed by atoms with Crippen molar-refractivity contribution >= 4 is 12.4 Å². The fourth-order valence-corrected chi connectivity index (χ4v) is 2.35. The van der Waals surface area contributed by atoms with Crippen LogP contribution in [0.25, 0.3) is 0 Å². The number of aryl methyl sites for hydroxylation is 1. The van der Waals surface area contributed by atoms with Gasteiger partial charge in [0.1, 0.15) is 11.5 Å². The van der Waals surface area contributed by atoms with Crippen LogP contribution in [0.2, 0.25) is 0 Å². The van der Waals surface area contributed by atoms with E-state index in [0.29, 0.717) is 5.92 Å². The van der Waals surface area contributed by atoms with Crippen molar-refractivity contribution in [3.8, 4) is 0 Å². The van der Waals surface area contributed by atoms with Crippen molar-refractivity contribution in [1.82, 2.24) is 4.90 Å². The van der Waals surface area contributed by atoms with Gasteiger partial charge in [0, 0.05) is 31.1 Å². The smallest absolute Gasteiger partial charge is 0.111 e. The summed E-state index contributed by atoms with van der Waals surface area (Å²) in [5.41, 5.74) is 2.71. The molecule has 0 aromatic carbocycles. The van der Waals surface area contributed by atoms with E-state index in [9.17, 15) is 0 Å². The van der Waals surface area contributed by atoms with Gasteiger partial charge in [0.2, 0.25) is 0 Å². The highest BCUT2D eigenvalue weighted by atomic mass is 35.5. The molecular weight excluding hydrogens is 250 g/mol. The summed E-state index contributed by atoms with van der Waals surface area (Å²) < 4.78 is 11.3. The van der Waals surface area contributed by atoms with E-state index >= 15 is 0 Å². The lowest BCUT2D eigenvalue weighted by atomic mass is 10.0. The number of morpholine rings is 1. The summed E-state index contributed by atoms with van der Waals surface area (Å²) in [5.74, 6) is 2.68. The minimum atomic E-state index is 0. The summed E-state index contributed by atoms with van der Waals surface area (Å²) in [6, 6.07) is 0. The first-order valence-corrected chi connectivity index (χ1v) is 6.48. The van der Waals surface area contributed by atoms with E-state index < -0.39 is 0 Å². The predicted octanol–water partition coefficient (Wildman–Crippen LogP) is 3.27. The lowest BCUT2D eigenvalue weighted by Crippen LogP contribution is -2.36. The topological polar surface area (TPSA) is 25.6 Å². The van der Waals surface area contributed by atoms with Gasteiger partial charge in [-0.15, -0.1) is 12.4 Å². The van der Waals surface area contributed by atoms with Crippen LogP contribution in [0.3, 0.4) is 0 Å². The molecule has 1 fully saturated rings. The van der Waals surface area contributed by atoms with Gasteiger partial charge in [-0.25, -0.2) is 0 Å². The third-order valence-electron chi connectivity index (χ3n) is 3.55. The zero-order valence-corrected chi connectivity index (χ0v) is 12.6. The summed E-state index contributed by atoms with van der Waals surface area (Å²) in [6.45, 7) is 13.4. The van der Waals surface area contributed by atoms with Gasteiger partial charge < -0.3 is 9.15 Å². The fraction of sp³-hybridized carbons (Fsp3) is 0.714. The largest absolute Gasteiger partial charge is 0.465 e. The van der Waals surface area contributed by atoms with Crippen molar-refractivity contribution in [3.05, 3.63) is 22.6 Å². The van der Waals surface area contributed by atoms with Crippen LogP contribution in [-0.2, 0) is 11.3 Å². The summed E-state index contributed by atoms with van der Waals surface area (Å²) >= 11 is 0. The van der Waals surface area contributed by atoms with Crippen molar-refractivity contribution < 1.29 is 9.15 Å². The molecule has 1 aromatic rings. The van der Waals surface area contributed by atoms with Gasteiger partial charge in [-0.05, 0) is 19.4 Å². The van der Waals surface area contributed by atoms with Crippen molar-refractivity contribution in [3.63, 3.8) is 0 Å².